The Kier molecular flexibility index (Phi) is 4.95. The molecule has 0 aliphatic carbocycles. The summed E-state index contributed by atoms with van der Waals surface area (Å²) in [5, 5.41) is 12.2. The fourth-order valence-corrected chi connectivity index (χ4v) is 2.22. The molecule has 0 amide bonds. The van der Waals surface area contributed by atoms with Crippen molar-refractivity contribution in [1.82, 2.24) is 24.9 Å². The van der Waals surface area contributed by atoms with Crippen molar-refractivity contribution in [1.29, 1.82) is 0 Å². The largest absolute Gasteiger partial charge is 0.312 e. The van der Waals surface area contributed by atoms with Gasteiger partial charge in [0.25, 0.3) is 0 Å². The highest BCUT2D eigenvalue weighted by atomic mass is 15.3. The summed E-state index contributed by atoms with van der Waals surface area (Å²) in [6.07, 6.45) is 4.94. The minimum Gasteiger partial charge on any atom is -0.312 e. The summed E-state index contributed by atoms with van der Waals surface area (Å²) >= 11 is 0. The Morgan fingerprint density at radius 3 is 2.80 bits per heavy atom. The predicted molar refractivity (Wildman–Crippen MR) is 80.4 cm³/mol. The van der Waals surface area contributed by atoms with Crippen molar-refractivity contribution in [2.24, 2.45) is 13.0 Å². The lowest BCUT2D eigenvalue weighted by Crippen LogP contribution is -2.19. The quantitative estimate of drug-likeness (QED) is 0.839. The Morgan fingerprint density at radius 2 is 2.15 bits per heavy atom. The van der Waals surface area contributed by atoms with Crippen molar-refractivity contribution in [3.05, 3.63) is 35.4 Å². The first-order valence-electron chi connectivity index (χ1n) is 7.26. The lowest BCUT2D eigenvalue weighted by Gasteiger charge is -2.06. The van der Waals surface area contributed by atoms with Gasteiger partial charge in [0.05, 0.1) is 5.69 Å². The smallest absolute Gasteiger partial charge is 0.0638 e. The summed E-state index contributed by atoms with van der Waals surface area (Å²) in [5.74, 6) is 0.676. The number of nitrogens with one attached hydrogen (secondary N) is 1. The Morgan fingerprint density at radius 1 is 1.35 bits per heavy atom. The SMILES string of the molecule is Cc1nn(CCc2ccnn2C)cc1CNCC(C)C. The average molecular weight is 275 g/mol. The third kappa shape index (κ3) is 3.93. The van der Waals surface area contributed by atoms with Gasteiger partial charge in [0, 0.05) is 50.2 Å². The molecular weight excluding hydrogens is 250 g/mol. The monoisotopic (exact) mass is 275 g/mol. The fraction of sp³-hybridized carbons (Fsp3) is 0.600. The average Bonchev–Trinajstić information content (AvgIpc) is 2.93. The summed E-state index contributed by atoms with van der Waals surface area (Å²) < 4.78 is 3.95. The molecule has 0 saturated heterocycles. The van der Waals surface area contributed by atoms with Crippen LogP contribution in [0.1, 0.15) is 30.8 Å². The van der Waals surface area contributed by atoms with Crippen LogP contribution in [0.3, 0.4) is 0 Å². The van der Waals surface area contributed by atoms with E-state index in [4.69, 9.17) is 0 Å². The maximum Gasteiger partial charge on any atom is 0.0638 e. The molecule has 2 heterocycles. The van der Waals surface area contributed by atoms with Gasteiger partial charge in [-0.2, -0.15) is 10.2 Å². The van der Waals surface area contributed by atoms with Crippen LogP contribution in [-0.4, -0.2) is 26.1 Å². The zero-order valence-electron chi connectivity index (χ0n) is 12.9. The van der Waals surface area contributed by atoms with E-state index < -0.39 is 0 Å². The third-order valence-electron chi connectivity index (χ3n) is 3.44. The highest BCUT2D eigenvalue weighted by molar-refractivity contribution is 5.15. The number of aromatic nitrogens is 4. The lowest BCUT2D eigenvalue weighted by atomic mass is 10.2. The topological polar surface area (TPSA) is 47.7 Å². The molecule has 20 heavy (non-hydrogen) atoms. The van der Waals surface area contributed by atoms with Crippen LogP contribution in [0.5, 0.6) is 0 Å². The number of aryl methyl sites for hydroxylation is 4. The van der Waals surface area contributed by atoms with Crippen LogP contribution < -0.4 is 5.32 Å². The number of hydrogen-bond donors (Lipinski definition) is 1. The molecule has 0 aromatic carbocycles. The van der Waals surface area contributed by atoms with E-state index in [0.717, 1.165) is 31.7 Å². The number of rotatable bonds is 7. The van der Waals surface area contributed by atoms with E-state index in [0.29, 0.717) is 5.92 Å². The number of nitrogens with zero attached hydrogens (tertiary/aromatic N) is 4. The zero-order chi connectivity index (χ0) is 14.5. The van der Waals surface area contributed by atoms with E-state index in [-0.39, 0.29) is 0 Å². The standard InChI is InChI=1S/C15H25N5/c1-12(2)9-16-10-14-11-20(18-13(14)3)8-6-15-5-7-17-19(15)4/h5,7,11-12,16H,6,8-10H2,1-4H3. The Bertz CT molecular complexity index is 538. The van der Waals surface area contributed by atoms with Crippen molar-refractivity contribution >= 4 is 0 Å². The van der Waals surface area contributed by atoms with Gasteiger partial charge < -0.3 is 5.32 Å². The van der Waals surface area contributed by atoms with Gasteiger partial charge in [-0.25, -0.2) is 0 Å². The molecule has 0 aliphatic heterocycles. The van der Waals surface area contributed by atoms with Crippen molar-refractivity contribution in [2.45, 2.75) is 40.3 Å². The van der Waals surface area contributed by atoms with E-state index >= 15 is 0 Å². The summed E-state index contributed by atoms with van der Waals surface area (Å²) in [5.41, 5.74) is 3.64. The molecule has 0 unspecified atom stereocenters. The highest BCUT2D eigenvalue weighted by Crippen LogP contribution is 2.07. The van der Waals surface area contributed by atoms with Crippen LogP contribution in [0, 0.1) is 12.8 Å². The first kappa shape index (κ1) is 14.8. The molecule has 0 spiro atoms. The van der Waals surface area contributed by atoms with Crippen LogP contribution in [0.4, 0.5) is 0 Å². The van der Waals surface area contributed by atoms with E-state index in [1.807, 2.05) is 22.6 Å². The minimum absolute atomic E-state index is 0.676. The Labute approximate surface area is 121 Å². The fourth-order valence-electron chi connectivity index (χ4n) is 2.22. The van der Waals surface area contributed by atoms with Crippen LogP contribution in [0.2, 0.25) is 0 Å². The third-order valence-corrected chi connectivity index (χ3v) is 3.44. The molecule has 0 aliphatic rings. The second-order valence-electron chi connectivity index (χ2n) is 5.72. The van der Waals surface area contributed by atoms with Crippen molar-refractivity contribution < 1.29 is 0 Å². The second kappa shape index (κ2) is 6.70. The van der Waals surface area contributed by atoms with Gasteiger partial charge in [0.15, 0.2) is 0 Å². The number of hydrogen-bond acceptors (Lipinski definition) is 3. The first-order chi connectivity index (χ1) is 9.56. The van der Waals surface area contributed by atoms with Crippen molar-refractivity contribution in [3.63, 3.8) is 0 Å². The second-order valence-corrected chi connectivity index (χ2v) is 5.72. The Balaban J connectivity index is 1.88. The summed E-state index contributed by atoms with van der Waals surface area (Å²) in [6, 6.07) is 2.06. The maximum absolute atomic E-state index is 4.58. The molecule has 2 aromatic heterocycles. The van der Waals surface area contributed by atoms with Crippen LogP contribution >= 0.6 is 0 Å². The zero-order valence-corrected chi connectivity index (χ0v) is 12.9. The van der Waals surface area contributed by atoms with Crippen molar-refractivity contribution in [2.75, 3.05) is 6.54 Å². The van der Waals surface area contributed by atoms with Gasteiger partial charge in [0.2, 0.25) is 0 Å². The Hall–Kier alpha value is -1.62. The molecule has 0 atom stereocenters. The maximum atomic E-state index is 4.58. The predicted octanol–water partition coefficient (Wildman–Crippen LogP) is 1.91. The van der Waals surface area contributed by atoms with E-state index in [1.54, 1.807) is 0 Å². The van der Waals surface area contributed by atoms with Crippen molar-refractivity contribution in [3.8, 4) is 0 Å². The first-order valence-corrected chi connectivity index (χ1v) is 7.26. The molecule has 2 aromatic rings. The molecule has 0 radical (unpaired) electrons. The molecule has 1 N–H and O–H groups in total. The molecule has 2 rings (SSSR count). The molecular formula is C15H25N5. The molecule has 110 valence electrons. The summed E-state index contributed by atoms with van der Waals surface area (Å²) in [7, 11) is 1.98. The van der Waals surface area contributed by atoms with E-state index in [1.165, 1.54) is 11.3 Å². The van der Waals surface area contributed by atoms with Crippen LogP contribution in [0.15, 0.2) is 18.5 Å². The molecule has 0 bridgehead atoms. The molecule has 0 saturated carbocycles. The molecule has 0 fully saturated rings. The summed E-state index contributed by atoms with van der Waals surface area (Å²) in [4.78, 5) is 0. The molecule has 5 heteroatoms. The van der Waals surface area contributed by atoms with Gasteiger partial charge in [-0.1, -0.05) is 13.8 Å². The summed E-state index contributed by atoms with van der Waals surface area (Å²) in [6.45, 7) is 9.35. The van der Waals surface area contributed by atoms with E-state index in [2.05, 4.69) is 48.5 Å². The van der Waals surface area contributed by atoms with Gasteiger partial charge in [-0.15, -0.1) is 0 Å². The van der Waals surface area contributed by atoms with Crippen LogP contribution in [0.25, 0.3) is 0 Å². The van der Waals surface area contributed by atoms with Gasteiger partial charge >= 0.3 is 0 Å². The van der Waals surface area contributed by atoms with Gasteiger partial charge in [0.1, 0.15) is 0 Å². The normalized spacial score (nSPS) is 11.4. The van der Waals surface area contributed by atoms with Gasteiger partial charge in [-0.05, 0) is 25.5 Å². The van der Waals surface area contributed by atoms with E-state index in [9.17, 15) is 0 Å². The molecule has 5 nitrogen and oxygen atoms in total. The lowest BCUT2D eigenvalue weighted by molar-refractivity contribution is 0.551. The highest BCUT2D eigenvalue weighted by Gasteiger charge is 2.06. The van der Waals surface area contributed by atoms with Gasteiger partial charge in [-0.3, -0.25) is 9.36 Å². The minimum atomic E-state index is 0.676. The van der Waals surface area contributed by atoms with Crippen LogP contribution in [-0.2, 0) is 26.6 Å².